The molecule has 0 atom stereocenters. The molecule has 150 valence electrons. The quantitative estimate of drug-likeness (QED) is 0.568. The normalized spacial score (nSPS) is 15.0. The first kappa shape index (κ1) is 22.7. The first-order valence-electron chi connectivity index (χ1n) is 8.56. The number of carboxylic acids is 2. The molecule has 0 aromatic heterocycles. The molecule has 0 radical (unpaired) electrons. The molecule has 4 N–H and O–H groups in total. The van der Waals surface area contributed by atoms with Crippen molar-refractivity contribution in [3.63, 3.8) is 0 Å². The van der Waals surface area contributed by atoms with Crippen molar-refractivity contribution in [2.45, 2.75) is 39.3 Å². The van der Waals surface area contributed by atoms with Gasteiger partial charge in [0.15, 0.2) is 0 Å². The molecule has 1 amide bonds. The second-order valence-corrected chi connectivity index (χ2v) is 7.03. The Bertz CT molecular complexity index is 660. The van der Waals surface area contributed by atoms with Crippen LogP contribution >= 0.6 is 11.6 Å². The number of hydrogen-bond donors (Lipinski definition) is 4. The molecule has 1 fully saturated rings. The molecular formula is C18H25ClN2O6. The van der Waals surface area contributed by atoms with Gasteiger partial charge in [-0.25, -0.2) is 9.59 Å². The SMILES string of the molecule is CC(C)NC(=O)C1CCN(Cc2cc(Cl)ccc2O)CC1.O=C(O)C(=O)O. The number of carboxylic acid groups (broad SMARTS) is 2. The third-order valence-electron chi connectivity index (χ3n) is 4.01. The summed E-state index contributed by atoms with van der Waals surface area (Å²) in [6.45, 7) is 6.36. The van der Waals surface area contributed by atoms with Crippen LogP contribution in [0.4, 0.5) is 0 Å². The van der Waals surface area contributed by atoms with Crippen molar-refractivity contribution < 1.29 is 29.7 Å². The average Bonchev–Trinajstić information content (AvgIpc) is 2.58. The number of aromatic hydroxyl groups is 1. The lowest BCUT2D eigenvalue weighted by Gasteiger charge is -2.31. The summed E-state index contributed by atoms with van der Waals surface area (Å²) >= 11 is 5.97. The molecule has 8 nitrogen and oxygen atoms in total. The zero-order valence-electron chi connectivity index (χ0n) is 15.3. The lowest BCUT2D eigenvalue weighted by Crippen LogP contribution is -2.42. The summed E-state index contributed by atoms with van der Waals surface area (Å²) in [6.07, 6.45) is 1.72. The molecule has 1 aliphatic rings. The van der Waals surface area contributed by atoms with Crippen molar-refractivity contribution in [2.75, 3.05) is 13.1 Å². The van der Waals surface area contributed by atoms with Crippen LogP contribution in [0.15, 0.2) is 18.2 Å². The molecule has 1 saturated heterocycles. The number of nitrogens with one attached hydrogen (secondary N) is 1. The number of likely N-dealkylation sites (tertiary alicyclic amines) is 1. The Balaban J connectivity index is 0.000000527. The van der Waals surface area contributed by atoms with E-state index in [1.165, 1.54) is 0 Å². The lowest BCUT2D eigenvalue weighted by molar-refractivity contribution is -0.159. The van der Waals surface area contributed by atoms with Crippen LogP contribution in [-0.2, 0) is 20.9 Å². The van der Waals surface area contributed by atoms with Crippen molar-refractivity contribution in [3.05, 3.63) is 28.8 Å². The Morgan fingerprint density at radius 1 is 1.19 bits per heavy atom. The van der Waals surface area contributed by atoms with Crippen molar-refractivity contribution in [1.29, 1.82) is 0 Å². The van der Waals surface area contributed by atoms with Crippen molar-refractivity contribution >= 4 is 29.4 Å². The monoisotopic (exact) mass is 400 g/mol. The van der Waals surface area contributed by atoms with E-state index in [4.69, 9.17) is 31.4 Å². The third kappa shape index (κ3) is 8.27. The van der Waals surface area contributed by atoms with Gasteiger partial charge in [0.25, 0.3) is 0 Å². The Labute approximate surface area is 162 Å². The van der Waals surface area contributed by atoms with Gasteiger partial charge in [0.2, 0.25) is 5.91 Å². The van der Waals surface area contributed by atoms with Gasteiger partial charge in [-0.1, -0.05) is 11.6 Å². The minimum absolute atomic E-state index is 0.108. The Kier molecular flexibility index (Phi) is 9.04. The number of rotatable bonds is 4. The number of phenolic OH excluding ortho intramolecular Hbond substituents is 1. The van der Waals surface area contributed by atoms with E-state index in [0.29, 0.717) is 11.6 Å². The number of aliphatic carboxylic acids is 2. The zero-order chi connectivity index (χ0) is 20.6. The van der Waals surface area contributed by atoms with Crippen LogP contribution in [0.25, 0.3) is 0 Å². The Morgan fingerprint density at radius 2 is 1.74 bits per heavy atom. The van der Waals surface area contributed by atoms with Crippen LogP contribution in [0, 0.1) is 5.92 Å². The molecule has 27 heavy (non-hydrogen) atoms. The summed E-state index contributed by atoms with van der Waals surface area (Å²) in [5.41, 5.74) is 0.840. The van der Waals surface area contributed by atoms with E-state index in [9.17, 15) is 9.90 Å². The van der Waals surface area contributed by atoms with E-state index in [1.807, 2.05) is 13.8 Å². The van der Waals surface area contributed by atoms with Gasteiger partial charge in [-0.2, -0.15) is 0 Å². The number of halogens is 1. The van der Waals surface area contributed by atoms with Crippen LogP contribution in [0.3, 0.4) is 0 Å². The molecule has 2 rings (SSSR count). The highest BCUT2D eigenvalue weighted by atomic mass is 35.5. The zero-order valence-corrected chi connectivity index (χ0v) is 16.1. The lowest BCUT2D eigenvalue weighted by atomic mass is 9.95. The molecular weight excluding hydrogens is 376 g/mol. The molecule has 9 heteroatoms. The standard InChI is InChI=1S/C16H23ClN2O2.C2H2O4/c1-11(2)18-16(21)12-5-7-19(8-6-12)10-13-9-14(17)3-4-15(13)20;3-1(4)2(5)6/h3-4,9,11-12,20H,5-8,10H2,1-2H3,(H,18,21);(H,3,4)(H,5,6). The molecule has 0 bridgehead atoms. The molecule has 1 heterocycles. The summed E-state index contributed by atoms with van der Waals surface area (Å²) in [4.78, 5) is 32.4. The summed E-state index contributed by atoms with van der Waals surface area (Å²) in [6, 6.07) is 5.30. The highest BCUT2D eigenvalue weighted by molar-refractivity contribution is 6.30. The van der Waals surface area contributed by atoms with Gasteiger partial charge in [0.1, 0.15) is 5.75 Å². The molecule has 0 unspecified atom stereocenters. The molecule has 1 aromatic rings. The van der Waals surface area contributed by atoms with Gasteiger partial charge in [-0.15, -0.1) is 0 Å². The number of phenols is 1. The highest BCUT2D eigenvalue weighted by Gasteiger charge is 2.25. The minimum Gasteiger partial charge on any atom is -0.508 e. The fourth-order valence-corrected chi connectivity index (χ4v) is 2.87. The molecule has 0 aliphatic carbocycles. The van der Waals surface area contributed by atoms with Gasteiger partial charge < -0.3 is 20.6 Å². The number of amides is 1. The molecule has 1 aromatic carbocycles. The van der Waals surface area contributed by atoms with E-state index in [-0.39, 0.29) is 23.6 Å². The minimum atomic E-state index is -1.82. The Morgan fingerprint density at radius 3 is 2.22 bits per heavy atom. The predicted octanol–water partition coefficient (Wildman–Crippen LogP) is 1.94. The number of piperidine rings is 1. The second kappa shape index (κ2) is 10.7. The van der Waals surface area contributed by atoms with Crippen LogP contribution in [0.2, 0.25) is 5.02 Å². The van der Waals surface area contributed by atoms with Crippen LogP contribution in [0.5, 0.6) is 5.75 Å². The number of carbonyl (C=O) groups excluding carboxylic acids is 1. The fourth-order valence-electron chi connectivity index (χ4n) is 2.68. The summed E-state index contributed by atoms with van der Waals surface area (Å²) in [7, 11) is 0. The van der Waals surface area contributed by atoms with Gasteiger partial charge in [-0.05, 0) is 58.0 Å². The first-order chi connectivity index (χ1) is 12.6. The number of carbonyl (C=O) groups is 3. The van der Waals surface area contributed by atoms with E-state index in [0.717, 1.165) is 31.5 Å². The summed E-state index contributed by atoms with van der Waals surface area (Å²) in [5.74, 6) is -3.10. The predicted molar refractivity (Wildman–Crippen MR) is 99.7 cm³/mol. The van der Waals surface area contributed by atoms with Gasteiger partial charge >= 0.3 is 11.9 Å². The maximum absolute atomic E-state index is 12.0. The van der Waals surface area contributed by atoms with Gasteiger partial charge in [0.05, 0.1) is 0 Å². The van der Waals surface area contributed by atoms with E-state index in [2.05, 4.69) is 10.2 Å². The Hall–Kier alpha value is -2.32. The first-order valence-corrected chi connectivity index (χ1v) is 8.94. The van der Waals surface area contributed by atoms with Crippen LogP contribution in [0.1, 0.15) is 32.3 Å². The van der Waals surface area contributed by atoms with E-state index >= 15 is 0 Å². The van der Waals surface area contributed by atoms with Crippen LogP contribution < -0.4 is 5.32 Å². The summed E-state index contributed by atoms with van der Waals surface area (Å²) < 4.78 is 0. The van der Waals surface area contributed by atoms with Gasteiger partial charge in [0, 0.05) is 29.1 Å². The van der Waals surface area contributed by atoms with Crippen molar-refractivity contribution in [3.8, 4) is 5.75 Å². The third-order valence-corrected chi connectivity index (χ3v) is 4.24. The maximum Gasteiger partial charge on any atom is 0.414 e. The molecule has 0 saturated carbocycles. The smallest absolute Gasteiger partial charge is 0.414 e. The second-order valence-electron chi connectivity index (χ2n) is 6.60. The van der Waals surface area contributed by atoms with Crippen LogP contribution in [-0.4, -0.2) is 57.2 Å². The summed E-state index contributed by atoms with van der Waals surface area (Å²) in [5, 5.41) is 28.2. The highest BCUT2D eigenvalue weighted by Crippen LogP contribution is 2.25. The van der Waals surface area contributed by atoms with Gasteiger partial charge in [-0.3, -0.25) is 9.69 Å². The number of hydrogen-bond acceptors (Lipinski definition) is 5. The van der Waals surface area contributed by atoms with E-state index < -0.39 is 11.9 Å². The molecule has 1 aliphatic heterocycles. The van der Waals surface area contributed by atoms with E-state index in [1.54, 1.807) is 18.2 Å². The average molecular weight is 401 g/mol. The number of nitrogens with zero attached hydrogens (tertiary/aromatic N) is 1. The number of benzene rings is 1. The topological polar surface area (TPSA) is 127 Å². The fraction of sp³-hybridized carbons (Fsp3) is 0.500. The van der Waals surface area contributed by atoms with Crippen molar-refractivity contribution in [2.24, 2.45) is 5.92 Å². The largest absolute Gasteiger partial charge is 0.508 e. The molecule has 0 spiro atoms. The maximum atomic E-state index is 12.0. The van der Waals surface area contributed by atoms with Crippen molar-refractivity contribution in [1.82, 2.24) is 10.2 Å².